The van der Waals surface area contributed by atoms with Gasteiger partial charge in [-0.15, -0.1) is 0 Å². The summed E-state index contributed by atoms with van der Waals surface area (Å²) in [6.07, 6.45) is 0. The molecule has 1 N–H and O–H groups in total. The Hall–Kier alpha value is -1.99. The molecule has 0 saturated carbocycles. The van der Waals surface area contributed by atoms with E-state index >= 15 is 0 Å². The van der Waals surface area contributed by atoms with Gasteiger partial charge < -0.3 is 9.64 Å². The van der Waals surface area contributed by atoms with Crippen molar-refractivity contribution in [3.05, 3.63) is 35.2 Å². The zero-order valence-electron chi connectivity index (χ0n) is 15.4. The molecular formula is C18H26N6O. The Morgan fingerprint density at radius 3 is 2.72 bits per heavy atom. The predicted molar refractivity (Wildman–Crippen MR) is 94.6 cm³/mol. The van der Waals surface area contributed by atoms with Crippen LogP contribution in [0.5, 0.6) is 5.75 Å². The number of rotatable bonds is 4. The molecule has 1 spiro atoms. The minimum Gasteiger partial charge on any atom is -0.497 e. The van der Waals surface area contributed by atoms with Crippen molar-refractivity contribution < 1.29 is 4.74 Å². The highest BCUT2D eigenvalue weighted by atomic mass is 16.5. The second-order valence-corrected chi connectivity index (χ2v) is 7.68. The smallest absolute Gasteiger partial charge is 0.155 e. The predicted octanol–water partition coefficient (Wildman–Crippen LogP) is 1.36. The first kappa shape index (κ1) is 16.5. The lowest BCUT2D eigenvalue weighted by molar-refractivity contribution is -0.0103. The number of pyridine rings is 1. The van der Waals surface area contributed by atoms with Gasteiger partial charge in [0.2, 0.25) is 0 Å². The lowest BCUT2D eigenvalue weighted by atomic mass is 9.71. The van der Waals surface area contributed by atoms with Crippen molar-refractivity contribution in [2.75, 3.05) is 40.3 Å². The van der Waals surface area contributed by atoms with Crippen LogP contribution in [-0.4, -0.2) is 70.3 Å². The van der Waals surface area contributed by atoms with Crippen molar-refractivity contribution in [2.24, 2.45) is 5.41 Å². The SMILES string of the molecule is COc1cc(C)nc(CN2CC3(CN(C)CC3c3n[nH]c(C)n3)C2)c1. The van der Waals surface area contributed by atoms with E-state index in [9.17, 15) is 0 Å². The van der Waals surface area contributed by atoms with E-state index in [-0.39, 0.29) is 5.41 Å². The van der Waals surface area contributed by atoms with Gasteiger partial charge in [-0.1, -0.05) is 0 Å². The normalized spacial score (nSPS) is 23.1. The maximum Gasteiger partial charge on any atom is 0.155 e. The number of methoxy groups -OCH3 is 1. The number of hydrogen-bond donors (Lipinski definition) is 1. The summed E-state index contributed by atoms with van der Waals surface area (Å²) in [5, 5.41) is 7.44. The number of nitrogens with zero attached hydrogens (tertiary/aromatic N) is 5. The van der Waals surface area contributed by atoms with Crippen molar-refractivity contribution in [2.45, 2.75) is 26.3 Å². The fourth-order valence-corrected chi connectivity index (χ4v) is 4.50. The summed E-state index contributed by atoms with van der Waals surface area (Å²) in [4.78, 5) is 14.1. The Balaban J connectivity index is 1.47. The molecule has 1 unspecified atom stereocenters. The standard InChI is InChI=1S/C18H26N6O/c1-12-5-15(25-4)6-14(19-12)7-24-10-18(11-24)9-23(3)8-16(18)17-20-13(2)21-22-17/h5-6,16H,7-11H2,1-4H3,(H,20,21,22). The number of likely N-dealkylation sites (tertiary alicyclic amines) is 2. The molecule has 7 nitrogen and oxygen atoms in total. The maximum absolute atomic E-state index is 5.37. The largest absolute Gasteiger partial charge is 0.497 e. The van der Waals surface area contributed by atoms with E-state index in [1.807, 2.05) is 26.0 Å². The first-order chi connectivity index (χ1) is 12.0. The molecule has 2 saturated heterocycles. The number of aromatic amines is 1. The Morgan fingerprint density at radius 1 is 1.24 bits per heavy atom. The molecule has 0 amide bonds. The molecular weight excluding hydrogens is 316 g/mol. The molecule has 1 atom stereocenters. The van der Waals surface area contributed by atoms with Crippen LogP contribution >= 0.6 is 0 Å². The van der Waals surface area contributed by atoms with Crippen LogP contribution in [0.25, 0.3) is 0 Å². The molecule has 2 fully saturated rings. The average Bonchev–Trinajstić information content (AvgIpc) is 3.09. The van der Waals surface area contributed by atoms with Crippen LogP contribution in [0.4, 0.5) is 0 Å². The highest BCUT2D eigenvalue weighted by molar-refractivity contribution is 5.27. The summed E-state index contributed by atoms with van der Waals surface area (Å²) in [5.74, 6) is 3.15. The van der Waals surface area contributed by atoms with Gasteiger partial charge in [-0.2, -0.15) is 5.10 Å². The number of likely N-dealkylation sites (N-methyl/N-ethyl adjacent to an activating group) is 1. The van der Waals surface area contributed by atoms with E-state index in [0.29, 0.717) is 5.92 Å². The van der Waals surface area contributed by atoms with E-state index < -0.39 is 0 Å². The van der Waals surface area contributed by atoms with Crippen LogP contribution in [-0.2, 0) is 6.54 Å². The van der Waals surface area contributed by atoms with Crippen LogP contribution in [0, 0.1) is 19.3 Å². The van der Waals surface area contributed by atoms with E-state index in [4.69, 9.17) is 4.74 Å². The Bertz CT molecular complexity index is 767. The summed E-state index contributed by atoms with van der Waals surface area (Å²) in [6, 6.07) is 4.00. The monoisotopic (exact) mass is 342 g/mol. The van der Waals surface area contributed by atoms with Gasteiger partial charge in [0.05, 0.1) is 12.8 Å². The molecule has 0 aliphatic carbocycles. The number of hydrogen-bond acceptors (Lipinski definition) is 6. The zero-order valence-corrected chi connectivity index (χ0v) is 15.4. The maximum atomic E-state index is 5.37. The summed E-state index contributed by atoms with van der Waals surface area (Å²) >= 11 is 0. The molecule has 0 bridgehead atoms. The second kappa shape index (κ2) is 6.07. The number of ether oxygens (including phenoxy) is 1. The molecule has 7 heteroatoms. The van der Waals surface area contributed by atoms with Gasteiger partial charge in [0.1, 0.15) is 11.6 Å². The third kappa shape index (κ3) is 3.02. The second-order valence-electron chi connectivity index (χ2n) is 7.68. The summed E-state index contributed by atoms with van der Waals surface area (Å²) < 4.78 is 5.37. The Morgan fingerprint density at radius 2 is 2.04 bits per heavy atom. The molecule has 2 aliphatic heterocycles. The fraction of sp³-hybridized carbons (Fsp3) is 0.611. The molecule has 0 aromatic carbocycles. The van der Waals surface area contributed by atoms with Crippen LogP contribution in [0.2, 0.25) is 0 Å². The van der Waals surface area contributed by atoms with Crippen LogP contribution in [0.1, 0.15) is 29.0 Å². The number of H-pyrrole nitrogens is 1. The minimum absolute atomic E-state index is 0.261. The van der Waals surface area contributed by atoms with E-state index in [1.54, 1.807) is 7.11 Å². The molecule has 2 aromatic heterocycles. The molecule has 2 aliphatic rings. The van der Waals surface area contributed by atoms with Gasteiger partial charge in [-0.05, 0) is 20.9 Å². The highest BCUT2D eigenvalue weighted by Gasteiger charge is 2.54. The first-order valence-corrected chi connectivity index (χ1v) is 8.79. The highest BCUT2D eigenvalue weighted by Crippen LogP contribution is 2.48. The minimum atomic E-state index is 0.261. The Kier molecular flexibility index (Phi) is 4.00. The van der Waals surface area contributed by atoms with Gasteiger partial charge in [0.25, 0.3) is 0 Å². The van der Waals surface area contributed by atoms with E-state index in [2.05, 4.69) is 37.0 Å². The number of nitrogens with one attached hydrogen (secondary N) is 1. The van der Waals surface area contributed by atoms with Crippen molar-refractivity contribution in [3.8, 4) is 5.75 Å². The molecule has 0 radical (unpaired) electrons. The van der Waals surface area contributed by atoms with Crippen molar-refractivity contribution in [1.82, 2.24) is 30.0 Å². The lowest BCUT2D eigenvalue weighted by Gasteiger charge is -2.50. The van der Waals surface area contributed by atoms with Crippen LogP contribution < -0.4 is 4.74 Å². The topological polar surface area (TPSA) is 70.2 Å². The van der Waals surface area contributed by atoms with Gasteiger partial charge in [0.15, 0.2) is 5.82 Å². The average molecular weight is 342 g/mol. The molecule has 4 heterocycles. The van der Waals surface area contributed by atoms with Crippen molar-refractivity contribution in [1.29, 1.82) is 0 Å². The van der Waals surface area contributed by atoms with Crippen molar-refractivity contribution in [3.63, 3.8) is 0 Å². The van der Waals surface area contributed by atoms with E-state index in [0.717, 1.165) is 61.5 Å². The van der Waals surface area contributed by atoms with Crippen LogP contribution in [0.3, 0.4) is 0 Å². The summed E-state index contributed by atoms with van der Waals surface area (Å²) in [6.45, 7) is 9.10. The fourth-order valence-electron chi connectivity index (χ4n) is 4.50. The molecule has 4 rings (SSSR count). The van der Waals surface area contributed by atoms with Gasteiger partial charge >= 0.3 is 0 Å². The zero-order chi connectivity index (χ0) is 17.6. The van der Waals surface area contributed by atoms with Gasteiger partial charge in [-0.25, -0.2) is 4.98 Å². The summed E-state index contributed by atoms with van der Waals surface area (Å²) in [7, 11) is 3.89. The summed E-state index contributed by atoms with van der Waals surface area (Å²) in [5.41, 5.74) is 2.33. The quantitative estimate of drug-likeness (QED) is 0.905. The molecule has 134 valence electrons. The Labute approximate surface area is 148 Å². The lowest BCUT2D eigenvalue weighted by Crippen LogP contribution is -2.59. The van der Waals surface area contributed by atoms with Crippen molar-refractivity contribution >= 4 is 0 Å². The van der Waals surface area contributed by atoms with E-state index in [1.165, 1.54) is 0 Å². The molecule has 2 aromatic rings. The third-order valence-corrected chi connectivity index (χ3v) is 5.42. The first-order valence-electron chi connectivity index (χ1n) is 8.79. The number of aryl methyl sites for hydroxylation is 2. The van der Waals surface area contributed by atoms with Gasteiger partial charge in [0, 0.05) is 61.9 Å². The van der Waals surface area contributed by atoms with Crippen LogP contribution in [0.15, 0.2) is 12.1 Å². The molecule has 25 heavy (non-hydrogen) atoms. The van der Waals surface area contributed by atoms with Gasteiger partial charge in [-0.3, -0.25) is 15.0 Å². The number of aromatic nitrogens is 4. The third-order valence-electron chi connectivity index (χ3n) is 5.42.